The summed E-state index contributed by atoms with van der Waals surface area (Å²) in [6, 6.07) is 8.69. The highest BCUT2D eigenvalue weighted by atomic mass is 15.1. The number of likely N-dealkylation sites (N-methyl/N-ethyl adjacent to an activating group) is 2. The molecule has 0 saturated carbocycles. The molecule has 0 saturated heterocycles. The minimum atomic E-state index is 1.03. The van der Waals surface area contributed by atoms with E-state index >= 15 is 0 Å². The number of aryl methyl sites for hydroxylation is 1. The molecular formula is C12H20N2. The average Bonchev–Trinajstić information content (AvgIpc) is 2.15. The lowest BCUT2D eigenvalue weighted by molar-refractivity contribution is 0.328. The molecule has 0 fully saturated rings. The minimum Gasteiger partial charge on any atom is -0.318 e. The quantitative estimate of drug-likeness (QED) is 0.763. The van der Waals surface area contributed by atoms with Crippen molar-refractivity contribution >= 4 is 0 Å². The van der Waals surface area contributed by atoms with Gasteiger partial charge in [-0.2, -0.15) is 0 Å². The third kappa shape index (κ3) is 3.90. The average molecular weight is 192 g/mol. The fourth-order valence-electron chi connectivity index (χ4n) is 1.50. The number of hydrogen-bond acceptors (Lipinski definition) is 2. The molecular weight excluding hydrogens is 172 g/mol. The van der Waals surface area contributed by atoms with Crippen molar-refractivity contribution in [3.05, 3.63) is 35.4 Å². The molecule has 1 N–H and O–H groups in total. The van der Waals surface area contributed by atoms with Gasteiger partial charge < -0.3 is 10.2 Å². The smallest absolute Gasteiger partial charge is 0.0231 e. The first-order valence-electron chi connectivity index (χ1n) is 5.11. The zero-order valence-corrected chi connectivity index (χ0v) is 9.38. The molecule has 1 aromatic carbocycles. The van der Waals surface area contributed by atoms with E-state index in [1.54, 1.807) is 0 Å². The van der Waals surface area contributed by atoms with E-state index in [0.29, 0.717) is 0 Å². The molecule has 0 amide bonds. The van der Waals surface area contributed by atoms with Crippen LogP contribution in [0.3, 0.4) is 0 Å². The first kappa shape index (κ1) is 11.2. The summed E-state index contributed by atoms with van der Waals surface area (Å²) in [4.78, 5) is 2.32. The Balaban J connectivity index is 2.43. The number of benzene rings is 1. The van der Waals surface area contributed by atoms with Gasteiger partial charge in [-0.05, 0) is 26.6 Å². The Kier molecular flexibility index (Phi) is 4.63. The summed E-state index contributed by atoms with van der Waals surface area (Å²) < 4.78 is 0. The van der Waals surface area contributed by atoms with Gasteiger partial charge in [0.2, 0.25) is 0 Å². The topological polar surface area (TPSA) is 15.3 Å². The van der Waals surface area contributed by atoms with Gasteiger partial charge in [0.15, 0.2) is 0 Å². The predicted octanol–water partition coefficient (Wildman–Crippen LogP) is 1.65. The number of hydrogen-bond donors (Lipinski definition) is 1. The molecule has 0 unspecified atom stereocenters. The summed E-state index contributed by atoms with van der Waals surface area (Å²) in [7, 11) is 4.14. The highest BCUT2D eigenvalue weighted by molar-refractivity contribution is 5.21. The van der Waals surface area contributed by atoms with Gasteiger partial charge in [-0.25, -0.2) is 0 Å². The highest BCUT2D eigenvalue weighted by Gasteiger charge is 1.99. The van der Waals surface area contributed by atoms with Gasteiger partial charge in [-0.3, -0.25) is 0 Å². The van der Waals surface area contributed by atoms with Crippen LogP contribution in [0.2, 0.25) is 0 Å². The normalized spacial score (nSPS) is 10.9. The molecule has 0 heterocycles. The van der Waals surface area contributed by atoms with Crippen molar-refractivity contribution in [3.8, 4) is 0 Å². The van der Waals surface area contributed by atoms with Crippen molar-refractivity contribution in [1.82, 2.24) is 10.2 Å². The first-order valence-corrected chi connectivity index (χ1v) is 5.11. The molecule has 2 heteroatoms. The zero-order chi connectivity index (χ0) is 10.4. The molecule has 0 atom stereocenters. The lowest BCUT2D eigenvalue weighted by Crippen LogP contribution is -2.26. The van der Waals surface area contributed by atoms with Crippen LogP contribution >= 0.6 is 0 Å². The lowest BCUT2D eigenvalue weighted by Gasteiger charge is -2.16. The Morgan fingerprint density at radius 3 is 2.79 bits per heavy atom. The summed E-state index contributed by atoms with van der Waals surface area (Å²) >= 11 is 0. The second-order valence-corrected chi connectivity index (χ2v) is 3.83. The van der Waals surface area contributed by atoms with Crippen LogP contribution in [-0.2, 0) is 6.54 Å². The van der Waals surface area contributed by atoms with E-state index in [9.17, 15) is 0 Å². The van der Waals surface area contributed by atoms with Crippen molar-refractivity contribution in [2.24, 2.45) is 0 Å². The maximum absolute atomic E-state index is 3.15. The molecule has 0 radical (unpaired) electrons. The van der Waals surface area contributed by atoms with Crippen LogP contribution in [-0.4, -0.2) is 32.1 Å². The van der Waals surface area contributed by atoms with Crippen molar-refractivity contribution in [1.29, 1.82) is 0 Å². The second kappa shape index (κ2) is 5.78. The Morgan fingerprint density at radius 1 is 1.36 bits per heavy atom. The molecule has 78 valence electrons. The van der Waals surface area contributed by atoms with Crippen molar-refractivity contribution < 1.29 is 0 Å². The third-order valence-electron chi connectivity index (χ3n) is 2.28. The van der Waals surface area contributed by atoms with Crippen molar-refractivity contribution in [3.63, 3.8) is 0 Å². The van der Waals surface area contributed by atoms with Crippen LogP contribution in [0.4, 0.5) is 0 Å². The van der Waals surface area contributed by atoms with Crippen LogP contribution in [0.25, 0.3) is 0 Å². The molecule has 1 aromatic rings. The number of nitrogens with one attached hydrogen (secondary N) is 1. The van der Waals surface area contributed by atoms with E-state index < -0.39 is 0 Å². The van der Waals surface area contributed by atoms with Gasteiger partial charge in [0.25, 0.3) is 0 Å². The Morgan fingerprint density at radius 2 is 2.14 bits per heavy atom. The van der Waals surface area contributed by atoms with Gasteiger partial charge in [-0.1, -0.05) is 29.8 Å². The van der Waals surface area contributed by atoms with E-state index in [-0.39, 0.29) is 0 Å². The molecule has 0 bridgehead atoms. The molecule has 0 aliphatic carbocycles. The van der Waals surface area contributed by atoms with E-state index in [4.69, 9.17) is 0 Å². The van der Waals surface area contributed by atoms with Crippen LogP contribution in [0.1, 0.15) is 11.1 Å². The first-order chi connectivity index (χ1) is 6.72. The number of rotatable bonds is 5. The van der Waals surface area contributed by atoms with Crippen LogP contribution < -0.4 is 5.32 Å². The molecule has 0 aliphatic heterocycles. The lowest BCUT2D eigenvalue weighted by atomic mass is 10.1. The van der Waals surface area contributed by atoms with Gasteiger partial charge >= 0.3 is 0 Å². The summed E-state index contributed by atoms with van der Waals surface area (Å²) in [5.41, 5.74) is 2.73. The molecule has 14 heavy (non-hydrogen) atoms. The standard InChI is InChI=1S/C12H20N2/c1-11-5-4-6-12(9-11)10-14(3)8-7-13-2/h4-6,9,13H,7-8,10H2,1-3H3. The molecule has 0 aliphatic rings. The predicted molar refractivity (Wildman–Crippen MR) is 61.4 cm³/mol. The molecule has 1 rings (SSSR count). The monoisotopic (exact) mass is 192 g/mol. The van der Waals surface area contributed by atoms with Gasteiger partial charge in [0.05, 0.1) is 0 Å². The third-order valence-corrected chi connectivity index (χ3v) is 2.28. The fraction of sp³-hybridized carbons (Fsp3) is 0.500. The SMILES string of the molecule is CNCCN(C)Cc1cccc(C)c1. The van der Waals surface area contributed by atoms with Crippen LogP contribution in [0, 0.1) is 6.92 Å². The largest absolute Gasteiger partial charge is 0.318 e. The van der Waals surface area contributed by atoms with E-state index in [1.165, 1.54) is 11.1 Å². The molecule has 2 nitrogen and oxygen atoms in total. The van der Waals surface area contributed by atoms with Crippen LogP contribution in [0.15, 0.2) is 24.3 Å². The van der Waals surface area contributed by atoms with Gasteiger partial charge in [0.1, 0.15) is 0 Å². The van der Waals surface area contributed by atoms with Crippen molar-refractivity contribution in [2.75, 3.05) is 27.2 Å². The van der Waals surface area contributed by atoms with Gasteiger partial charge in [0, 0.05) is 19.6 Å². The summed E-state index contributed by atoms with van der Waals surface area (Å²) in [5.74, 6) is 0. The number of nitrogens with zero attached hydrogens (tertiary/aromatic N) is 1. The fourth-order valence-corrected chi connectivity index (χ4v) is 1.50. The second-order valence-electron chi connectivity index (χ2n) is 3.83. The minimum absolute atomic E-state index is 1.03. The zero-order valence-electron chi connectivity index (χ0n) is 9.38. The maximum Gasteiger partial charge on any atom is 0.0231 e. The van der Waals surface area contributed by atoms with Crippen LogP contribution in [0.5, 0.6) is 0 Å². The Labute approximate surface area is 86.9 Å². The molecule has 0 spiro atoms. The summed E-state index contributed by atoms with van der Waals surface area (Å²) in [5, 5.41) is 3.15. The van der Waals surface area contributed by atoms with Gasteiger partial charge in [-0.15, -0.1) is 0 Å². The van der Waals surface area contributed by atoms with Crippen molar-refractivity contribution in [2.45, 2.75) is 13.5 Å². The Hall–Kier alpha value is -0.860. The Bertz CT molecular complexity index is 271. The van der Waals surface area contributed by atoms with E-state index in [2.05, 4.69) is 48.5 Å². The maximum atomic E-state index is 3.15. The molecule has 0 aromatic heterocycles. The van der Waals surface area contributed by atoms with E-state index in [1.807, 2.05) is 7.05 Å². The summed E-state index contributed by atoms with van der Waals surface area (Å²) in [6.45, 7) is 5.30. The highest BCUT2D eigenvalue weighted by Crippen LogP contribution is 2.05. The van der Waals surface area contributed by atoms with E-state index in [0.717, 1.165) is 19.6 Å². The summed E-state index contributed by atoms with van der Waals surface area (Å²) in [6.07, 6.45) is 0.